The number of anilines is 1. The van der Waals surface area contributed by atoms with Crippen LogP contribution in [0.4, 0.5) is 10.3 Å². The van der Waals surface area contributed by atoms with Crippen molar-refractivity contribution in [2.75, 3.05) is 5.32 Å². The smallest absolute Gasteiger partial charge is 0.226 e. The third-order valence-electron chi connectivity index (χ3n) is 7.20. The van der Waals surface area contributed by atoms with Crippen molar-refractivity contribution in [3.8, 4) is 0 Å². The molecule has 1 aromatic heterocycles. The van der Waals surface area contributed by atoms with Crippen LogP contribution in [0.5, 0.6) is 0 Å². The molecular formula is C21H23B5FN3O2. The van der Waals surface area contributed by atoms with Crippen molar-refractivity contribution in [3.05, 3.63) is 23.5 Å². The molecule has 11 heteroatoms. The molecule has 0 unspecified atom stereocenters. The molecule has 2 saturated carbocycles. The number of hydrogen-bond donors (Lipinski definition) is 2. The van der Waals surface area contributed by atoms with Crippen molar-refractivity contribution in [1.29, 1.82) is 0 Å². The number of fused-ring (bicyclic) bond motifs is 1. The molecule has 4 rings (SSSR count). The third-order valence-corrected chi connectivity index (χ3v) is 7.20. The molecule has 5 nitrogen and oxygen atoms in total. The van der Waals surface area contributed by atoms with Crippen LogP contribution in [0.1, 0.15) is 64.0 Å². The second kappa shape index (κ2) is 7.44. The summed E-state index contributed by atoms with van der Waals surface area (Å²) in [6.45, 7) is 3.17. The van der Waals surface area contributed by atoms with Gasteiger partial charge in [-0.2, -0.15) is 0 Å². The molecular weight excluding hydrogens is 399 g/mol. The number of aliphatic hydroxyl groups is 1. The minimum absolute atomic E-state index is 0.0521. The molecule has 1 heterocycles. The molecule has 32 heavy (non-hydrogen) atoms. The Bertz CT molecular complexity index is 1060. The minimum atomic E-state index is -1.54. The highest BCUT2D eigenvalue weighted by molar-refractivity contribution is 6.53. The predicted molar refractivity (Wildman–Crippen MR) is 127 cm³/mol. The van der Waals surface area contributed by atoms with Crippen LogP contribution in [0.25, 0.3) is 11.0 Å². The van der Waals surface area contributed by atoms with Crippen molar-refractivity contribution in [2.24, 2.45) is 0 Å². The summed E-state index contributed by atoms with van der Waals surface area (Å²) in [5.41, 5.74) is -0.203. The molecule has 0 saturated heterocycles. The summed E-state index contributed by atoms with van der Waals surface area (Å²) in [4.78, 5) is 17.4. The number of aromatic nitrogens is 2. The second-order valence-electron chi connectivity index (χ2n) is 10.1. The molecule has 0 aliphatic heterocycles. The zero-order chi connectivity index (χ0) is 23.7. The number of imidazole rings is 1. The van der Waals surface area contributed by atoms with Crippen molar-refractivity contribution in [2.45, 2.75) is 79.8 Å². The highest BCUT2D eigenvalue weighted by atomic mass is 19.1. The number of carbonyl (C=O) groups excluding carboxylic acids is 1. The van der Waals surface area contributed by atoms with Crippen LogP contribution < -0.4 is 5.32 Å². The van der Waals surface area contributed by atoms with E-state index in [2.05, 4.69) is 10.3 Å². The van der Waals surface area contributed by atoms with Gasteiger partial charge in [0, 0.05) is 12.5 Å². The molecule has 2 fully saturated rings. The normalized spacial score (nSPS) is 22.0. The molecule has 10 radical (unpaired) electrons. The summed E-state index contributed by atoms with van der Waals surface area (Å²) in [7, 11) is 31.0. The molecule has 1 amide bonds. The Morgan fingerprint density at radius 2 is 1.81 bits per heavy atom. The van der Waals surface area contributed by atoms with Crippen LogP contribution >= 0.6 is 0 Å². The first-order valence-corrected chi connectivity index (χ1v) is 10.8. The zero-order valence-electron chi connectivity index (χ0n) is 18.5. The van der Waals surface area contributed by atoms with Crippen LogP contribution in [-0.2, 0) is 10.4 Å². The number of amides is 1. The number of hydrogen-bond acceptors (Lipinski definition) is 3. The van der Waals surface area contributed by atoms with Crippen LogP contribution in [0, 0.1) is 5.82 Å². The number of rotatable bonds is 5. The van der Waals surface area contributed by atoms with Crippen molar-refractivity contribution >= 4 is 62.1 Å². The first-order valence-electron chi connectivity index (χ1n) is 10.8. The van der Waals surface area contributed by atoms with Gasteiger partial charge in [0.15, 0.2) is 5.82 Å². The summed E-state index contributed by atoms with van der Waals surface area (Å²) in [5.74, 6) is -0.901. The molecule has 0 spiro atoms. The fourth-order valence-corrected chi connectivity index (χ4v) is 4.65. The van der Waals surface area contributed by atoms with Gasteiger partial charge in [0.2, 0.25) is 11.9 Å². The van der Waals surface area contributed by atoms with E-state index in [0.29, 0.717) is 11.1 Å². The van der Waals surface area contributed by atoms with Gasteiger partial charge in [0.25, 0.3) is 0 Å². The molecule has 2 aliphatic carbocycles. The van der Waals surface area contributed by atoms with E-state index in [4.69, 9.17) is 39.2 Å². The standard InChI is InChI=1S/C21H23B5FN3O2/c1-18(2,32)11-8-13(27)16-14(9-11)30(12-4-3-5-12)17(29-16)28-15(31)10-19(22)20(23,24)6-7-21(19,25)26/h8-9,12,32H,3-7,10H2,1-2H3,(H,28,29,31). The van der Waals surface area contributed by atoms with E-state index in [1.807, 2.05) is 4.57 Å². The van der Waals surface area contributed by atoms with Gasteiger partial charge in [0.05, 0.1) is 50.3 Å². The fourth-order valence-electron chi connectivity index (χ4n) is 4.65. The van der Waals surface area contributed by atoms with Gasteiger partial charge in [-0.1, -0.05) is 18.2 Å². The number of benzene rings is 1. The lowest BCUT2D eigenvalue weighted by molar-refractivity contribution is -0.117. The van der Waals surface area contributed by atoms with Crippen molar-refractivity contribution in [1.82, 2.24) is 9.55 Å². The van der Waals surface area contributed by atoms with E-state index in [0.717, 1.165) is 19.3 Å². The zero-order valence-corrected chi connectivity index (χ0v) is 18.5. The van der Waals surface area contributed by atoms with Gasteiger partial charge in [-0.25, -0.2) is 9.37 Å². The first-order chi connectivity index (χ1) is 14.7. The molecule has 2 aromatic rings. The Morgan fingerprint density at radius 1 is 1.22 bits per heavy atom. The van der Waals surface area contributed by atoms with Gasteiger partial charge in [0.1, 0.15) is 5.52 Å². The van der Waals surface area contributed by atoms with Crippen LogP contribution in [0.15, 0.2) is 12.1 Å². The molecule has 2 aliphatic rings. The molecule has 156 valence electrons. The molecule has 0 atom stereocenters. The number of nitrogens with one attached hydrogen (secondary N) is 1. The SMILES string of the molecule is [B]C1([B])CCC([B])([B])C1([B])CC(=O)Nc1nc2c(F)cc(C(C)(C)O)cc2n1C1CCC1. The average molecular weight is 422 g/mol. The Balaban J connectivity index is 1.71. The summed E-state index contributed by atoms with van der Waals surface area (Å²) in [5, 5.41) is 8.74. The molecule has 0 bridgehead atoms. The first kappa shape index (κ1) is 23.5. The minimum Gasteiger partial charge on any atom is -0.386 e. The summed E-state index contributed by atoms with van der Waals surface area (Å²) >= 11 is 0. The van der Waals surface area contributed by atoms with Crippen molar-refractivity contribution < 1.29 is 14.3 Å². The maximum atomic E-state index is 14.9. The van der Waals surface area contributed by atoms with Gasteiger partial charge >= 0.3 is 0 Å². The Hall–Kier alpha value is -1.63. The van der Waals surface area contributed by atoms with Gasteiger partial charge in [-0.3, -0.25) is 10.1 Å². The second-order valence-corrected chi connectivity index (χ2v) is 10.1. The van der Waals surface area contributed by atoms with E-state index in [1.54, 1.807) is 19.9 Å². The van der Waals surface area contributed by atoms with Gasteiger partial charge in [-0.05, 0) is 50.8 Å². The number of halogens is 1. The highest BCUT2D eigenvalue weighted by Crippen LogP contribution is 2.70. The van der Waals surface area contributed by atoms with Gasteiger partial charge < -0.3 is 9.67 Å². The van der Waals surface area contributed by atoms with Crippen LogP contribution in [0.3, 0.4) is 0 Å². The largest absolute Gasteiger partial charge is 0.386 e. The van der Waals surface area contributed by atoms with E-state index in [9.17, 15) is 14.3 Å². The van der Waals surface area contributed by atoms with E-state index < -0.39 is 33.1 Å². The van der Waals surface area contributed by atoms with Crippen LogP contribution in [-0.4, -0.2) is 59.8 Å². The fraction of sp³-hybridized carbons (Fsp3) is 0.619. The Kier molecular flexibility index (Phi) is 5.47. The Labute approximate surface area is 194 Å². The summed E-state index contributed by atoms with van der Waals surface area (Å²) in [6, 6.07) is 3.01. The predicted octanol–water partition coefficient (Wildman–Crippen LogP) is 2.48. The number of nitrogens with zero attached hydrogens (tertiary/aromatic N) is 2. The van der Waals surface area contributed by atoms with Gasteiger partial charge in [-0.15, -0.1) is 10.4 Å². The van der Waals surface area contributed by atoms with Crippen LogP contribution in [0.2, 0.25) is 15.7 Å². The lowest BCUT2D eigenvalue weighted by Crippen LogP contribution is -2.39. The monoisotopic (exact) mass is 423 g/mol. The number of carbonyl (C=O) groups is 1. The summed E-state index contributed by atoms with van der Waals surface area (Å²) in [6.07, 6.45) is 2.98. The van der Waals surface area contributed by atoms with Crippen molar-refractivity contribution in [3.63, 3.8) is 0 Å². The maximum absolute atomic E-state index is 14.9. The van der Waals surface area contributed by atoms with E-state index >= 15 is 0 Å². The molecule has 2 N–H and O–H groups in total. The average Bonchev–Trinajstić information content (AvgIpc) is 3.03. The lowest BCUT2D eigenvalue weighted by atomic mass is 9.26. The lowest BCUT2D eigenvalue weighted by Gasteiger charge is -2.49. The Morgan fingerprint density at radius 3 is 2.31 bits per heavy atom. The topological polar surface area (TPSA) is 67.2 Å². The molecule has 1 aromatic carbocycles. The maximum Gasteiger partial charge on any atom is 0.226 e. The van der Waals surface area contributed by atoms with E-state index in [-0.39, 0.29) is 36.8 Å². The summed E-state index contributed by atoms with van der Waals surface area (Å²) < 4.78 is 16.7. The van der Waals surface area contributed by atoms with E-state index in [1.165, 1.54) is 6.07 Å². The highest BCUT2D eigenvalue weighted by Gasteiger charge is 2.54. The quantitative estimate of drug-likeness (QED) is 0.728. The third kappa shape index (κ3) is 3.65.